The number of carbonyl (C=O) groups excluding carboxylic acids is 1. The number of aryl methyl sites for hydroxylation is 3. The number of hydrogen-bond donors (Lipinski definition) is 3. The Hall–Kier alpha value is -2.38. The van der Waals surface area contributed by atoms with E-state index in [1.807, 2.05) is 38.1 Å². The first-order valence-corrected chi connectivity index (χ1v) is 10.4. The van der Waals surface area contributed by atoms with E-state index in [1.54, 1.807) is 19.1 Å². The zero-order valence-electron chi connectivity index (χ0n) is 16.0. The van der Waals surface area contributed by atoms with Crippen LogP contribution in [0, 0.1) is 20.8 Å². The Morgan fingerprint density at radius 1 is 0.889 bits per heavy atom. The van der Waals surface area contributed by atoms with Crippen molar-refractivity contribution in [3.05, 3.63) is 64.7 Å². The fraction of sp³-hybridized carbons (Fsp3) is 0.350. The molecule has 0 atom stereocenters. The molecule has 2 rings (SSSR count). The van der Waals surface area contributed by atoms with Gasteiger partial charge in [-0.15, -0.1) is 0 Å². The van der Waals surface area contributed by atoms with Crippen LogP contribution in [-0.4, -0.2) is 34.1 Å². The molecule has 146 valence electrons. The molecule has 0 saturated heterocycles. The second kappa shape index (κ2) is 9.53. The third-order valence-electron chi connectivity index (χ3n) is 4.12. The molecule has 0 heterocycles. The number of rotatable bonds is 8. The minimum absolute atomic E-state index is 0.126. The first-order chi connectivity index (χ1) is 12.8. The Morgan fingerprint density at radius 2 is 1.59 bits per heavy atom. The number of carbonyl (C=O) groups is 1. The minimum atomic E-state index is -3.59. The summed E-state index contributed by atoms with van der Waals surface area (Å²) in [5, 5.41) is 5.42. The van der Waals surface area contributed by atoms with Gasteiger partial charge in [-0.3, -0.25) is 0 Å². The monoisotopic (exact) mass is 389 g/mol. The molecule has 0 aromatic heterocycles. The molecule has 0 unspecified atom stereocenters. The van der Waals surface area contributed by atoms with Crippen LogP contribution in [0.15, 0.2) is 47.4 Å². The highest BCUT2D eigenvalue weighted by Crippen LogP contribution is 2.16. The Balaban J connectivity index is 1.71. The maximum atomic E-state index is 12.4. The van der Waals surface area contributed by atoms with Gasteiger partial charge in [-0.05, 0) is 49.9 Å². The summed E-state index contributed by atoms with van der Waals surface area (Å²) in [5.41, 5.74) is 3.92. The van der Waals surface area contributed by atoms with Gasteiger partial charge in [0, 0.05) is 19.6 Å². The first-order valence-electron chi connectivity index (χ1n) is 8.92. The molecule has 0 bridgehead atoms. The van der Waals surface area contributed by atoms with E-state index in [9.17, 15) is 13.2 Å². The van der Waals surface area contributed by atoms with Gasteiger partial charge in [0.25, 0.3) is 0 Å². The molecule has 0 saturated carbocycles. The van der Waals surface area contributed by atoms with Crippen LogP contribution in [0.3, 0.4) is 0 Å². The third kappa shape index (κ3) is 6.69. The average molecular weight is 390 g/mol. The standard InChI is InChI=1S/C20H27N3O3S/c1-15-5-4-6-18(13-15)9-10-21-20(24)22-11-12-23-27(25,26)19-14-16(2)7-8-17(19)3/h4-8,13-14,23H,9-12H2,1-3H3,(H2,21,22,24). The second-order valence-electron chi connectivity index (χ2n) is 6.59. The number of amides is 2. The maximum absolute atomic E-state index is 12.4. The number of urea groups is 1. The van der Waals surface area contributed by atoms with Crippen LogP contribution in [0.5, 0.6) is 0 Å². The summed E-state index contributed by atoms with van der Waals surface area (Å²) < 4.78 is 27.3. The van der Waals surface area contributed by atoms with Gasteiger partial charge in [0.1, 0.15) is 0 Å². The van der Waals surface area contributed by atoms with E-state index in [2.05, 4.69) is 21.4 Å². The highest BCUT2D eigenvalue weighted by Gasteiger charge is 2.16. The summed E-state index contributed by atoms with van der Waals surface area (Å²) in [6.07, 6.45) is 0.744. The van der Waals surface area contributed by atoms with Crippen LogP contribution in [-0.2, 0) is 16.4 Å². The summed E-state index contributed by atoms with van der Waals surface area (Å²) in [6, 6.07) is 13.1. The predicted molar refractivity (Wildman–Crippen MR) is 107 cm³/mol. The van der Waals surface area contributed by atoms with Gasteiger partial charge in [-0.2, -0.15) is 0 Å². The Bertz CT molecular complexity index is 895. The summed E-state index contributed by atoms with van der Waals surface area (Å²) in [5.74, 6) is 0. The fourth-order valence-electron chi connectivity index (χ4n) is 2.69. The van der Waals surface area contributed by atoms with Gasteiger partial charge in [0.15, 0.2) is 0 Å². The van der Waals surface area contributed by atoms with Crippen molar-refractivity contribution in [3.8, 4) is 0 Å². The molecular weight excluding hydrogens is 362 g/mol. The Labute approximate surface area is 161 Å². The molecule has 2 aromatic rings. The lowest BCUT2D eigenvalue weighted by Gasteiger charge is -2.11. The van der Waals surface area contributed by atoms with Gasteiger partial charge in [-0.1, -0.05) is 42.0 Å². The number of benzene rings is 2. The van der Waals surface area contributed by atoms with Gasteiger partial charge in [0.05, 0.1) is 4.90 Å². The molecule has 27 heavy (non-hydrogen) atoms. The molecule has 0 fully saturated rings. The van der Waals surface area contributed by atoms with Crippen molar-refractivity contribution in [2.24, 2.45) is 0 Å². The first kappa shape index (κ1) is 20.9. The van der Waals surface area contributed by atoms with E-state index in [4.69, 9.17) is 0 Å². The number of sulfonamides is 1. The summed E-state index contributed by atoms with van der Waals surface area (Å²) in [6.45, 7) is 6.49. The zero-order chi connectivity index (χ0) is 19.9. The van der Waals surface area contributed by atoms with Gasteiger partial charge >= 0.3 is 6.03 Å². The molecule has 0 radical (unpaired) electrons. The van der Waals surface area contributed by atoms with E-state index in [0.29, 0.717) is 12.1 Å². The van der Waals surface area contributed by atoms with Crippen molar-refractivity contribution < 1.29 is 13.2 Å². The zero-order valence-corrected chi connectivity index (χ0v) is 16.8. The van der Waals surface area contributed by atoms with E-state index in [1.165, 1.54) is 5.56 Å². The molecule has 0 aliphatic carbocycles. The van der Waals surface area contributed by atoms with E-state index in [0.717, 1.165) is 17.5 Å². The molecule has 0 aliphatic rings. The highest BCUT2D eigenvalue weighted by atomic mass is 32.2. The maximum Gasteiger partial charge on any atom is 0.314 e. The van der Waals surface area contributed by atoms with E-state index in [-0.39, 0.29) is 24.0 Å². The lowest BCUT2D eigenvalue weighted by molar-refractivity contribution is 0.241. The molecule has 0 aliphatic heterocycles. The van der Waals surface area contributed by atoms with Crippen LogP contribution in [0.4, 0.5) is 4.79 Å². The molecule has 7 heteroatoms. The number of nitrogens with one attached hydrogen (secondary N) is 3. The number of hydrogen-bond acceptors (Lipinski definition) is 3. The molecule has 3 N–H and O–H groups in total. The summed E-state index contributed by atoms with van der Waals surface area (Å²) in [4.78, 5) is 12.1. The normalized spacial score (nSPS) is 11.2. The Kier molecular flexibility index (Phi) is 7.38. The lowest BCUT2D eigenvalue weighted by atomic mass is 10.1. The average Bonchev–Trinajstić information content (AvgIpc) is 2.61. The quantitative estimate of drug-likeness (QED) is 0.606. The van der Waals surface area contributed by atoms with E-state index < -0.39 is 10.0 Å². The van der Waals surface area contributed by atoms with Gasteiger partial charge < -0.3 is 10.6 Å². The van der Waals surface area contributed by atoms with Crippen molar-refractivity contribution in [2.45, 2.75) is 32.1 Å². The van der Waals surface area contributed by atoms with E-state index >= 15 is 0 Å². The third-order valence-corrected chi connectivity index (χ3v) is 5.72. The lowest BCUT2D eigenvalue weighted by Crippen LogP contribution is -2.41. The smallest absolute Gasteiger partial charge is 0.314 e. The van der Waals surface area contributed by atoms with Crippen molar-refractivity contribution in [1.29, 1.82) is 0 Å². The fourth-order valence-corrected chi connectivity index (χ4v) is 4.05. The van der Waals surface area contributed by atoms with Crippen molar-refractivity contribution in [2.75, 3.05) is 19.6 Å². The highest BCUT2D eigenvalue weighted by molar-refractivity contribution is 7.89. The van der Waals surface area contributed by atoms with Crippen molar-refractivity contribution in [1.82, 2.24) is 15.4 Å². The second-order valence-corrected chi connectivity index (χ2v) is 8.32. The van der Waals surface area contributed by atoms with Crippen LogP contribution >= 0.6 is 0 Å². The predicted octanol–water partition coefficient (Wildman–Crippen LogP) is 2.43. The van der Waals surface area contributed by atoms with Crippen LogP contribution in [0.1, 0.15) is 22.3 Å². The summed E-state index contributed by atoms with van der Waals surface area (Å²) >= 11 is 0. The molecule has 2 amide bonds. The molecule has 0 spiro atoms. The molecule has 2 aromatic carbocycles. The molecule has 6 nitrogen and oxygen atoms in total. The summed E-state index contributed by atoms with van der Waals surface area (Å²) in [7, 11) is -3.59. The minimum Gasteiger partial charge on any atom is -0.338 e. The van der Waals surface area contributed by atoms with Crippen LogP contribution < -0.4 is 15.4 Å². The molecular formula is C20H27N3O3S. The van der Waals surface area contributed by atoms with Crippen LogP contribution in [0.2, 0.25) is 0 Å². The largest absolute Gasteiger partial charge is 0.338 e. The van der Waals surface area contributed by atoms with Gasteiger partial charge in [0.2, 0.25) is 10.0 Å². The van der Waals surface area contributed by atoms with Crippen molar-refractivity contribution in [3.63, 3.8) is 0 Å². The van der Waals surface area contributed by atoms with Crippen molar-refractivity contribution >= 4 is 16.1 Å². The SMILES string of the molecule is Cc1cccc(CCNC(=O)NCCNS(=O)(=O)c2cc(C)ccc2C)c1. The Morgan fingerprint density at radius 3 is 2.33 bits per heavy atom. The topological polar surface area (TPSA) is 87.3 Å². The van der Waals surface area contributed by atoms with Gasteiger partial charge in [-0.25, -0.2) is 17.9 Å². The van der Waals surface area contributed by atoms with Crippen LogP contribution in [0.25, 0.3) is 0 Å².